The molecule has 0 spiro atoms. The third kappa shape index (κ3) is 8.95. The van der Waals surface area contributed by atoms with Gasteiger partial charge >= 0.3 is 0 Å². The minimum absolute atomic E-state index is 0.164. The summed E-state index contributed by atoms with van der Waals surface area (Å²) < 4.78 is 2.03. The maximum absolute atomic E-state index is 6.64. The third-order valence-corrected chi connectivity index (χ3v) is 8.04. The fourth-order valence-electron chi connectivity index (χ4n) is 5.70. The average Bonchev–Trinajstić information content (AvgIpc) is 2.63. The highest BCUT2D eigenvalue weighted by atomic mass is 35.5. The smallest absolute Gasteiger partial charge is 0.0384 e. The van der Waals surface area contributed by atoms with Crippen molar-refractivity contribution < 1.29 is 0 Å². The van der Waals surface area contributed by atoms with Crippen LogP contribution in [0, 0.1) is 16.7 Å². The molecule has 0 aromatic heterocycles. The molecule has 1 nitrogen and oxygen atoms in total. The molecule has 0 saturated carbocycles. The summed E-state index contributed by atoms with van der Waals surface area (Å²) in [6.45, 7) is 18.9. The highest BCUT2D eigenvalue weighted by molar-refractivity contribution is 6.13. The summed E-state index contributed by atoms with van der Waals surface area (Å²) in [5.41, 5.74) is 1.19. The molecule has 0 radical (unpaired) electrons. The van der Waals surface area contributed by atoms with Crippen molar-refractivity contribution in [1.82, 2.24) is 4.42 Å². The first kappa shape index (κ1) is 28.2. The van der Waals surface area contributed by atoms with Crippen LogP contribution in [0.2, 0.25) is 0 Å². The van der Waals surface area contributed by atoms with Crippen LogP contribution >= 0.6 is 11.8 Å². The average molecular weight is 416 g/mol. The van der Waals surface area contributed by atoms with Crippen molar-refractivity contribution in [2.45, 2.75) is 144 Å². The molecule has 0 rings (SSSR count). The minimum atomic E-state index is 0.164. The zero-order valence-electron chi connectivity index (χ0n) is 21.1. The molecule has 0 aliphatic carbocycles. The zero-order chi connectivity index (χ0) is 21.8. The van der Waals surface area contributed by atoms with Gasteiger partial charge in [0.2, 0.25) is 0 Å². The van der Waals surface area contributed by atoms with Gasteiger partial charge in [0.25, 0.3) is 0 Å². The molecular formula is C26H54ClN. The topological polar surface area (TPSA) is 3.24 Å². The summed E-state index contributed by atoms with van der Waals surface area (Å²) in [4.78, 5) is 0. The Hall–Kier alpha value is 0.250. The van der Waals surface area contributed by atoms with Crippen molar-refractivity contribution in [3.05, 3.63) is 0 Å². The maximum Gasteiger partial charge on any atom is 0.0384 e. The van der Waals surface area contributed by atoms with Gasteiger partial charge in [-0.1, -0.05) is 100 Å². The molecule has 2 atom stereocenters. The Balaban J connectivity index is 4.92. The second-order valence-corrected chi connectivity index (χ2v) is 11.2. The monoisotopic (exact) mass is 415 g/mol. The van der Waals surface area contributed by atoms with Crippen molar-refractivity contribution in [2.75, 3.05) is 7.05 Å². The molecule has 0 N–H and O–H groups in total. The van der Waals surface area contributed by atoms with Crippen LogP contribution in [-0.4, -0.2) is 17.0 Å². The van der Waals surface area contributed by atoms with Gasteiger partial charge in [-0.15, -0.1) is 0 Å². The first-order valence-electron chi connectivity index (χ1n) is 12.5. The summed E-state index contributed by atoms with van der Waals surface area (Å²) >= 11 is 6.64. The third-order valence-electron chi connectivity index (χ3n) is 7.70. The Morgan fingerprint density at radius 1 is 0.714 bits per heavy atom. The maximum atomic E-state index is 6.64. The van der Waals surface area contributed by atoms with E-state index >= 15 is 0 Å². The number of hydrogen-bond acceptors (Lipinski definition) is 1. The van der Waals surface area contributed by atoms with Crippen LogP contribution < -0.4 is 0 Å². The molecule has 0 amide bonds. The van der Waals surface area contributed by atoms with Crippen molar-refractivity contribution in [2.24, 2.45) is 16.7 Å². The number of unbranched alkanes of at least 4 members (excludes halogenated alkanes) is 1. The van der Waals surface area contributed by atoms with Crippen LogP contribution in [0.3, 0.4) is 0 Å². The lowest BCUT2D eigenvalue weighted by molar-refractivity contribution is 0.0969. The molecule has 0 aromatic rings. The molecule has 2 unspecified atom stereocenters. The summed E-state index contributed by atoms with van der Waals surface area (Å²) in [6, 6.07) is 0. The highest BCUT2D eigenvalue weighted by Crippen LogP contribution is 2.42. The SMILES string of the molecule is CCCC(CC)(CCCCC(CC)(C(CC)CC)N(C)Cl)CCCC(C)(C)C. The van der Waals surface area contributed by atoms with E-state index < -0.39 is 0 Å². The number of hydrogen-bond donors (Lipinski definition) is 0. The fourth-order valence-corrected chi connectivity index (χ4v) is 6.04. The van der Waals surface area contributed by atoms with E-state index in [9.17, 15) is 0 Å². The van der Waals surface area contributed by atoms with Gasteiger partial charge in [0, 0.05) is 12.6 Å². The Morgan fingerprint density at radius 2 is 1.25 bits per heavy atom. The van der Waals surface area contributed by atoms with Gasteiger partial charge in [0.05, 0.1) is 0 Å². The molecule has 28 heavy (non-hydrogen) atoms. The Morgan fingerprint density at radius 3 is 1.64 bits per heavy atom. The van der Waals surface area contributed by atoms with E-state index in [1.54, 1.807) is 0 Å². The lowest BCUT2D eigenvalue weighted by atomic mass is 9.70. The zero-order valence-corrected chi connectivity index (χ0v) is 21.9. The van der Waals surface area contributed by atoms with Gasteiger partial charge < -0.3 is 0 Å². The van der Waals surface area contributed by atoms with Crippen LogP contribution in [0.15, 0.2) is 0 Å². The lowest BCUT2D eigenvalue weighted by Crippen LogP contribution is -2.47. The first-order valence-corrected chi connectivity index (χ1v) is 12.8. The molecule has 170 valence electrons. The Kier molecular flexibility index (Phi) is 13.7. The number of nitrogens with zero attached hydrogens (tertiary/aromatic N) is 1. The van der Waals surface area contributed by atoms with E-state index in [0.29, 0.717) is 16.7 Å². The standard InChI is InChI=1S/C26H54ClN/c1-10-18-25(13-4,21-17-19-24(6,7)8)20-15-16-22-26(14-5,28(9)27)23(11-2)12-3/h23H,10-22H2,1-9H3. The van der Waals surface area contributed by atoms with E-state index in [2.05, 4.69) is 62.4 Å². The van der Waals surface area contributed by atoms with Gasteiger partial charge in [-0.25, -0.2) is 4.42 Å². The summed E-state index contributed by atoms with van der Waals surface area (Å²) in [6.07, 6.45) is 17.1. The van der Waals surface area contributed by atoms with Crippen LogP contribution in [0.5, 0.6) is 0 Å². The van der Waals surface area contributed by atoms with Gasteiger partial charge in [0.15, 0.2) is 0 Å². The second kappa shape index (κ2) is 13.5. The summed E-state index contributed by atoms with van der Waals surface area (Å²) in [5.74, 6) is 0.693. The Bertz CT molecular complexity index is 382. The van der Waals surface area contributed by atoms with Gasteiger partial charge in [0.1, 0.15) is 0 Å². The van der Waals surface area contributed by atoms with Crippen molar-refractivity contribution in [1.29, 1.82) is 0 Å². The van der Waals surface area contributed by atoms with E-state index in [0.717, 1.165) is 6.42 Å². The molecule has 0 saturated heterocycles. The highest BCUT2D eigenvalue weighted by Gasteiger charge is 2.38. The van der Waals surface area contributed by atoms with Gasteiger partial charge in [-0.05, 0) is 67.0 Å². The molecular weight excluding hydrogens is 362 g/mol. The molecule has 2 heteroatoms. The van der Waals surface area contributed by atoms with Crippen LogP contribution in [0.4, 0.5) is 0 Å². The van der Waals surface area contributed by atoms with Crippen LogP contribution in [0.1, 0.15) is 139 Å². The molecule has 0 aliphatic heterocycles. The van der Waals surface area contributed by atoms with Gasteiger partial charge in [-0.3, -0.25) is 0 Å². The molecule has 0 heterocycles. The van der Waals surface area contributed by atoms with Crippen molar-refractivity contribution >= 4 is 11.8 Å². The summed E-state index contributed by atoms with van der Waals surface area (Å²) in [7, 11) is 2.09. The van der Waals surface area contributed by atoms with E-state index in [4.69, 9.17) is 11.8 Å². The van der Waals surface area contributed by atoms with Crippen molar-refractivity contribution in [3.63, 3.8) is 0 Å². The quantitative estimate of drug-likeness (QED) is 0.179. The Labute approximate surface area is 184 Å². The predicted octanol–water partition coefficient (Wildman–Crippen LogP) is 9.63. The van der Waals surface area contributed by atoms with E-state index in [1.807, 2.05) is 4.42 Å². The predicted molar refractivity (Wildman–Crippen MR) is 130 cm³/mol. The van der Waals surface area contributed by atoms with Gasteiger partial charge in [-0.2, -0.15) is 0 Å². The number of halogens is 1. The minimum Gasteiger partial charge on any atom is -0.217 e. The molecule has 0 aliphatic rings. The van der Waals surface area contributed by atoms with Crippen molar-refractivity contribution in [3.8, 4) is 0 Å². The fraction of sp³-hybridized carbons (Fsp3) is 1.00. The summed E-state index contributed by atoms with van der Waals surface area (Å²) in [5, 5.41) is 0. The first-order chi connectivity index (χ1) is 13.1. The normalized spacial score (nSPS) is 17.1. The van der Waals surface area contributed by atoms with Crippen LogP contribution in [0.25, 0.3) is 0 Å². The van der Waals surface area contributed by atoms with Crippen LogP contribution in [-0.2, 0) is 0 Å². The second-order valence-electron chi connectivity index (χ2n) is 10.7. The molecule has 0 fully saturated rings. The lowest BCUT2D eigenvalue weighted by Gasteiger charge is -2.44. The largest absolute Gasteiger partial charge is 0.217 e. The van der Waals surface area contributed by atoms with E-state index in [1.165, 1.54) is 77.0 Å². The molecule has 0 bridgehead atoms. The molecule has 0 aromatic carbocycles. The number of rotatable bonds is 16. The van der Waals surface area contributed by atoms with E-state index in [-0.39, 0.29) is 5.54 Å².